The van der Waals surface area contributed by atoms with Crippen molar-refractivity contribution >= 4 is 17.5 Å². The van der Waals surface area contributed by atoms with Gasteiger partial charge in [0.2, 0.25) is 11.8 Å². The summed E-state index contributed by atoms with van der Waals surface area (Å²) in [7, 11) is 0. The number of amides is 2. The van der Waals surface area contributed by atoms with Gasteiger partial charge in [-0.25, -0.2) is 4.98 Å². The SMILES string of the molecule is CCN(C(=O)c1ccc(OCC(F)(F)F)nc1)C1CCN(c2ccccc2)C1=O. The van der Waals surface area contributed by atoms with E-state index >= 15 is 0 Å². The van der Waals surface area contributed by atoms with Crippen molar-refractivity contribution in [2.45, 2.75) is 25.6 Å². The lowest BCUT2D eigenvalue weighted by molar-refractivity contribution is -0.154. The molecular weight excluding hydrogens is 387 g/mol. The molecule has 0 spiro atoms. The molecule has 0 aliphatic carbocycles. The Morgan fingerprint density at radius 3 is 2.55 bits per heavy atom. The van der Waals surface area contributed by atoms with Crippen LogP contribution in [0.25, 0.3) is 0 Å². The Morgan fingerprint density at radius 1 is 1.24 bits per heavy atom. The highest BCUT2D eigenvalue weighted by Crippen LogP contribution is 2.25. The number of carbonyl (C=O) groups is 2. The van der Waals surface area contributed by atoms with E-state index in [0.29, 0.717) is 19.5 Å². The number of likely N-dealkylation sites (N-methyl/N-ethyl adjacent to an activating group) is 1. The molecule has 1 aromatic carbocycles. The highest BCUT2D eigenvalue weighted by Gasteiger charge is 2.38. The number of nitrogens with zero attached hydrogens (tertiary/aromatic N) is 3. The first kappa shape index (κ1) is 20.6. The van der Waals surface area contributed by atoms with Gasteiger partial charge in [-0.1, -0.05) is 18.2 Å². The van der Waals surface area contributed by atoms with Gasteiger partial charge in [0.1, 0.15) is 6.04 Å². The molecule has 0 N–H and O–H groups in total. The van der Waals surface area contributed by atoms with Crippen molar-refractivity contribution < 1.29 is 27.5 Å². The van der Waals surface area contributed by atoms with Gasteiger partial charge in [0.25, 0.3) is 5.91 Å². The molecule has 1 saturated heterocycles. The minimum absolute atomic E-state index is 0.163. The van der Waals surface area contributed by atoms with Crippen molar-refractivity contribution in [3.05, 3.63) is 54.2 Å². The quantitative estimate of drug-likeness (QED) is 0.737. The molecule has 1 unspecified atom stereocenters. The van der Waals surface area contributed by atoms with Crippen LogP contribution in [-0.2, 0) is 4.79 Å². The van der Waals surface area contributed by atoms with Gasteiger partial charge in [0.05, 0.1) is 5.56 Å². The Bertz CT molecular complexity index is 857. The van der Waals surface area contributed by atoms with Gasteiger partial charge in [-0.3, -0.25) is 9.59 Å². The van der Waals surface area contributed by atoms with Crippen molar-refractivity contribution in [1.82, 2.24) is 9.88 Å². The Morgan fingerprint density at radius 2 is 1.97 bits per heavy atom. The Kier molecular flexibility index (Phi) is 6.05. The van der Waals surface area contributed by atoms with Gasteiger partial charge >= 0.3 is 6.18 Å². The maximum absolute atomic E-state index is 12.9. The monoisotopic (exact) mass is 407 g/mol. The third-order valence-corrected chi connectivity index (χ3v) is 4.59. The van der Waals surface area contributed by atoms with Crippen LogP contribution in [0.5, 0.6) is 5.88 Å². The third kappa shape index (κ3) is 4.85. The number of halogens is 3. The molecule has 0 saturated carbocycles. The largest absolute Gasteiger partial charge is 0.468 e. The first-order valence-electron chi connectivity index (χ1n) is 9.13. The second kappa shape index (κ2) is 8.50. The molecule has 0 bridgehead atoms. The summed E-state index contributed by atoms with van der Waals surface area (Å²) in [6, 6.07) is 11.2. The molecule has 29 heavy (non-hydrogen) atoms. The lowest BCUT2D eigenvalue weighted by atomic mass is 10.1. The van der Waals surface area contributed by atoms with E-state index in [1.54, 1.807) is 11.8 Å². The Hall–Kier alpha value is -3.10. The molecule has 6 nitrogen and oxygen atoms in total. The molecule has 1 fully saturated rings. The van der Waals surface area contributed by atoms with Gasteiger partial charge in [-0.15, -0.1) is 0 Å². The number of anilines is 1. The van der Waals surface area contributed by atoms with Crippen molar-refractivity contribution in [3.8, 4) is 5.88 Å². The first-order chi connectivity index (χ1) is 13.8. The molecule has 154 valence electrons. The fourth-order valence-corrected chi connectivity index (χ4v) is 3.24. The van der Waals surface area contributed by atoms with E-state index in [1.165, 1.54) is 17.0 Å². The van der Waals surface area contributed by atoms with E-state index in [2.05, 4.69) is 9.72 Å². The van der Waals surface area contributed by atoms with Gasteiger partial charge in [0.15, 0.2) is 6.61 Å². The van der Waals surface area contributed by atoms with Crippen LogP contribution in [0.15, 0.2) is 48.7 Å². The predicted molar refractivity (Wildman–Crippen MR) is 99.7 cm³/mol. The van der Waals surface area contributed by atoms with Crippen LogP contribution in [-0.4, -0.2) is 53.6 Å². The van der Waals surface area contributed by atoms with Crippen LogP contribution >= 0.6 is 0 Å². The molecule has 1 aliphatic rings. The summed E-state index contributed by atoms with van der Waals surface area (Å²) in [6.45, 7) is 1.12. The first-order valence-corrected chi connectivity index (χ1v) is 9.13. The topological polar surface area (TPSA) is 62.7 Å². The predicted octanol–water partition coefficient (Wildman–Crippen LogP) is 3.29. The summed E-state index contributed by atoms with van der Waals surface area (Å²) in [5.41, 5.74) is 0.952. The average molecular weight is 407 g/mol. The second-order valence-corrected chi connectivity index (χ2v) is 6.51. The van der Waals surface area contributed by atoms with Crippen LogP contribution in [0.1, 0.15) is 23.7 Å². The number of hydrogen-bond donors (Lipinski definition) is 0. The fourth-order valence-electron chi connectivity index (χ4n) is 3.24. The van der Waals surface area contributed by atoms with Gasteiger partial charge in [0, 0.05) is 31.0 Å². The molecule has 1 aliphatic heterocycles. The number of pyridine rings is 1. The van der Waals surface area contributed by atoms with Crippen LogP contribution in [0.2, 0.25) is 0 Å². The van der Waals surface area contributed by atoms with Crippen LogP contribution in [0, 0.1) is 0 Å². The number of hydrogen-bond acceptors (Lipinski definition) is 4. The standard InChI is InChI=1S/C20H20F3N3O3/c1-2-25(16-10-11-26(19(16)28)15-6-4-3-5-7-15)18(27)14-8-9-17(24-12-14)29-13-20(21,22)23/h3-9,12,16H,2,10-11,13H2,1H3. The molecule has 2 heterocycles. The van der Waals surface area contributed by atoms with E-state index in [-0.39, 0.29) is 17.4 Å². The average Bonchev–Trinajstić information content (AvgIpc) is 3.09. The molecule has 0 radical (unpaired) electrons. The van der Waals surface area contributed by atoms with E-state index in [1.807, 2.05) is 30.3 Å². The summed E-state index contributed by atoms with van der Waals surface area (Å²) < 4.78 is 41.2. The second-order valence-electron chi connectivity index (χ2n) is 6.51. The maximum atomic E-state index is 12.9. The summed E-state index contributed by atoms with van der Waals surface area (Å²) in [4.78, 5) is 32.6. The number of carbonyl (C=O) groups excluding carboxylic acids is 2. The smallest absolute Gasteiger partial charge is 0.422 e. The molecule has 3 rings (SSSR count). The number of rotatable bonds is 6. The highest BCUT2D eigenvalue weighted by atomic mass is 19.4. The van der Waals surface area contributed by atoms with Crippen molar-refractivity contribution in [3.63, 3.8) is 0 Å². The van der Waals surface area contributed by atoms with E-state index in [0.717, 1.165) is 11.9 Å². The summed E-state index contributed by atoms with van der Waals surface area (Å²) in [6.07, 6.45) is -2.82. The molecular formula is C20H20F3N3O3. The molecule has 2 aromatic rings. The van der Waals surface area contributed by atoms with Crippen LogP contribution in [0.4, 0.5) is 18.9 Å². The number of aromatic nitrogens is 1. The molecule has 1 aromatic heterocycles. The fraction of sp³-hybridized carbons (Fsp3) is 0.350. The van der Waals surface area contributed by atoms with Crippen LogP contribution < -0.4 is 9.64 Å². The third-order valence-electron chi connectivity index (χ3n) is 4.59. The van der Waals surface area contributed by atoms with Gasteiger partial charge in [-0.05, 0) is 31.5 Å². The van der Waals surface area contributed by atoms with Crippen molar-refractivity contribution in [2.75, 3.05) is 24.6 Å². The Labute approximate surface area is 165 Å². The summed E-state index contributed by atoms with van der Waals surface area (Å²) in [5.74, 6) is -0.797. The lowest BCUT2D eigenvalue weighted by Gasteiger charge is -2.27. The molecule has 1 atom stereocenters. The zero-order valence-electron chi connectivity index (χ0n) is 15.7. The molecule has 2 amide bonds. The van der Waals surface area contributed by atoms with Gasteiger partial charge in [-0.2, -0.15) is 13.2 Å². The highest BCUT2D eigenvalue weighted by molar-refractivity contribution is 6.03. The number of para-hydroxylation sites is 1. The van der Waals surface area contributed by atoms with Crippen molar-refractivity contribution in [1.29, 1.82) is 0 Å². The maximum Gasteiger partial charge on any atom is 0.422 e. The minimum atomic E-state index is -4.47. The summed E-state index contributed by atoms with van der Waals surface area (Å²) in [5, 5.41) is 0. The number of benzene rings is 1. The Balaban J connectivity index is 1.70. The van der Waals surface area contributed by atoms with E-state index in [4.69, 9.17) is 0 Å². The number of ether oxygens (including phenoxy) is 1. The zero-order valence-corrected chi connectivity index (χ0v) is 15.7. The van der Waals surface area contributed by atoms with Crippen LogP contribution in [0.3, 0.4) is 0 Å². The van der Waals surface area contributed by atoms with E-state index < -0.39 is 24.7 Å². The zero-order chi connectivity index (χ0) is 21.0. The minimum Gasteiger partial charge on any atom is -0.468 e. The molecule has 9 heteroatoms. The van der Waals surface area contributed by atoms with Gasteiger partial charge < -0.3 is 14.5 Å². The van der Waals surface area contributed by atoms with E-state index in [9.17, 15) is 22.8 Å². The lowest BCUT2D eigenvalue weighted by Crippen LogP contribution is -2.45. The number of alkyl halides is 3. The summed E-state index contributed by atoms with van der Waals surface area (Å²) >= 11 is 0. The van der Waals surface area contributed by atoms with Crippen molar-refractivity contribution in [2.24, 2.45) is 0 Å². The normalized spacial score (nSPS) is 16.8.